The van der Waals surface area contributed by atoms with Crippen molar-refractivity contribution in [1.82, 2.24) is 0 Å². The Morgan fingerprint density at radius 1 is 1.33 bits per heavy atom. The molecule has 98 valence electrons. The van der Waals surface area contributed by atoms with E-state index < -0.39 is 0 Å². The summed E-state index contributed by atoms with van der Waals surface area (Å²) in [6.07, 6.45) is 2.23. The van der Waals surface area contributed by atoms with Gasteiger partial charge in [-0.25, -0.2) is 0 Å². The van der Waals surface area contributed by atoms with Crippen LogP contribution < -0.4 is 10.1 Å². The van der Waals surface area contributed by atoms with Gasteiger partial charge >= 0.3 is 0 Å². The number of methoxy groups -OCH3 is 1. The minimum absolute atomic E-state index is 0.615. The zero-order valence-corrected chi connectivity index (χ0v) is 11.0. The van der Waals surface area contributed by atoms with Crippen molar-refractivity contribution >= 4 is 5.69 Å². The van der Waals surface area contributed by atoms with Crippen LogP contribution in [0.1, 0.15) is 25.3 Å². The summed E-state index contributed by atoms with van der Waals surface area (Å²) in [6.45, 7) is 4.26. The first-order valence-electron chi connectivity index (χ1n) is 6.21. The van der Waals surface area contributed by atoms with Crippen molar-refractivity contribution < 1.29 is 9.47 Å². The molecule has 1 aromatic carbocycles. The Labute approximate surface area is 109 Å². The van der Waals surface area contributed by atoms with E-state index in [2.05, 4.69) is 18.3 Å². The summed E-state index contributed by atoms with van der Waals surface area (Å²) in [6, 6.07) is 7.50. The lowest BCUT2D eigenvalue weighted by Gasteiger charge is -2.10. The van der Waals surface area contributed by atoms with E-state index in [0.29, 0.717) is 18.7 Å². The fourth-order valence-corrected chi connectivity index (χ4v) is 1.50. The average Bonchev–Trinajstić information content (AvgIpc) is 2.42. The highest BCUT2D eigenvalue weighted by atomic mass is 16.5. The van der Waals surface area contributed by atoms with Gasteiger partial charge in [-0.2, -0.15) is 5.26 Å². The number of anilines is 1. The zero-order valence-electron chi connectivity index (χ0n) is 11.0. The van der Waals surface area contributed by atoms with E-state index >= 15 is 0 Å². The molecule has 0 saturated heterocycles. The van der Waals surface area contributed by atoms with Gasteiger partial charge in [-0.3, -0.25) is 0 Å². The summed E-state index contributed by atoms with van der Waals surface area (Å²) >= 11 is 0. The average molecular weight is 248 g/mol. The third kappa shape index (κ3) is 4.64. The molecule has 4 heteroatoms. The van der Waals surface area contributed by atoms with Crippen LogP contribution in [-0.2, 0) is 4.74 Å². The van der Waals surface area contributed by atoms with E-state index in [4.69, 9.17) is 14.7 Å². The van der Waals surface area contributed by atoms with Gasteiger partial charge in [0.2, 0.25) is 0 Å². The number of unbranched alkanes of at least 4 members (excludes halogenated alkanes) is 1. The van der Waals surface area contributed by atoms with Gasteiger partial charge in [0.25, 0.3) is 0 Å². The Morgan fingerprint density at radius 2 is 2.17 bits per heavy atom. The first-order chi connectivity index (χ1) is 8.81. The third-order valence-electron chi connectivity index (χ3n) is 2.55. The highest BCUT2D eigenvalue weighted by molar-refractivity contribution is 5.60. The number of nitriles is 1. The Balaban J connectivity index is 2.43. The Bertz CT molecular complexity index is 399. The molecule has 0 atom stereocenters. The van der Waals surface area contributed by atoms with Gasteiger partial charge in [0.15, 0.2) is 0 Å². The van der Waals surface area contributed by atoms with Crippen molar-refractivity contribution in [2.24, 2.45) is 0 Å². The molecule has 0 aromatic heterocycles. The van der Waals surface area contributed by atoms with Crippen molar-refractivity contribution in [2.45, 2.75) is 19.8 Å². The standard InChI is InChI=1S/C14H20N2O2/c1-3-4-8-18-9-7-16-14-10-13(17-2)6-5-12(14)11-15/h5-6,10,16H,3-4,7-9H2,1-2H3. The number of benzene rings is 1. The maximum absolute atomic E-state index is 8.99. The van der Waals surface area contributed by atoms with Gasteiger partial charge in [-0.1, -0.05) is 13.3 Å². The summed E-state index contributed by atoms with van der Waals surface area (Å²) in [5.74, 6) is 0.739. The van der Waals surface area contributed by atoms with Gasteiger partial charge in [-0.05, 0) is 18.6 Å². The topological polar surface area (TPSA) is 54.3 Å². The van der Waals surface area contributed by atoms with Crippen LogP contribution in [0.5, 0.6) is 5.75 Å². The second-order valence-electron chi connectivity index (χ2n) is 3.92. The van der Waals surface area contributed by atoms with Crippen LogP contribution in [0.15, 0.2) is 18.2 Å². The monoisotopic (exact) mass is 248 g/mol. The smallest absolute Gasteiger partial charge is 0.121 e. The molecule has 0 amide bonds. The lowest BCUT2D eigenvalue weighted by molar-refractivity contribution is 0.141. The van der Waals surface area contributed by atoms with Crippen LogP contribution in [-0.4, -0.2) is 26.9 Å². The maximum atomic E-state index is 8.99. The molecule has 0 heterocycles. The van der Waals surface area contributed by atoms with Gasteiger partial charge in [0.1, 0.15) is 11.8 Å². The molecule has 0 spiro atoms. The molecule has 1 aromatic rings. The SMILES string of the molecule is CCCCOCCNc1cc(OC)ccc1C#N. The second kappa shape index (κ2) is 8.37. The van der Waals surface area contributed by atoms with Crippen molar-refractivity contribution in [2.75, 3.05) is 32.2 Å². The molecular formula is C14H20N2O2. The molecule has 0 saturated carbocycles. The molecule has 18 heavy (non-hydrogen) atoms. The van der Waals surface area contributed by atoms with E-state index in [0.717, 1.165) is 30.9 Å². The number of nitrogens with one attached hydrogen (secondary N) is 1. The number of hydrogen-bond donors (Lipinski definition) is 1. The molecule has 1 N–H and O–H groups in total. The fraction of sp³-hybridized carbons (Fsp3) is 0.500. The van der Waals surface area contributed by atoms with E-state index in [9.17, 15) is 0 Å². The van der Waals surface area contributed by atoms with Crippen molar-refractivity contribution in [3.8, 4) is 11.8 Å². The molecule has 0 radical (unpaired) electrons. The third-order valence-corrected chi connectivity index (χ3v) is 2.55. The number of nitrogens with zero attached hydrogens (tertiary/aromatic N) is 1. The predicted molar refractivity (Wildman–Crippen MR) is 71.9 cm³/mol. The van der Waals surface area contributed by atoms with E-state index in [1.165, 1.54) is 0 Å². The molecule has 0 bridgehead atoms. The van der Waals surface area contributed by atoms with Crippen LogP contribution in [0.3, 0.4) is 0 Å². The van der Waals surface area contributed by atoms with E-state index in [1.54, 1.807) is 19.2 Å². The largest absolute Gasteiger partial charge is 0.497 e. The van der Waals surface area contributed by atoms with Crippen molar-refractivity contribution in [3.63, 3.8) is 0 Å². The van der Waals surface area contributed by atoms with Gasteiger partial charge in [-0.15, -0.1) is 0 Å². The predicted octanol–water partition coefficient (Wildman–Crippen LogP) is 2.80. The highest BCUT2D eigenvalue weighted by Gasteiger charge is 2.03. The van der Waals surface area contributed by atoms with Crippen LogP contribution in [0.2, 0.25) is 0 Å². The van der Waals surface area contributed by atoms with E-state index in [1.807, 2.05) is 6.07 Å². The molecule has 4 nitrogen and oxygen atoms in total. The molecule has 0 unspecified atom stereocenters. The first-order valence-corrected chi connectivity index (χ1v) is 6.21. The molecule has 1 rings (SSSR count). The molecule has 0 fully saturated rings. The lowest BCUT2D eigenvalue weighted by Crippen LogP contribution is -2.11. The zero-order chi connectivity index (χ0) is 13.2. The Morgan fingerprint density at radius 3 is 2.83 bits per heavy atom. The summed E-state index contributed by atoms with van der Waals surface area (Å²) in [7, 11) is 1.61. The quantitative estimate of drug-likeness (QED) is 0.719. The summed E-state index contributed by atoms with van der Waals surface area (Å²) in [5.41, 5.74) is 1.40. The minimum atomic E-state index is 0.615. The lowest BCUT2D eigenvalue weighted by atomic mass is 10.2. The van der Waals surface area contributed by atoms with Gasteiger partial charge < -0.3 is 14.8 Å². The van der Waals surface area contributed by atoms with Crippen molar-refractivity contribution in [1.29, 1.82) is 5.26 Å². The van der Waals surface area contributed by atoms with Gasteiger partial charge in [0.05, 0.1) is 25.0 Å². The van der Waals surface area contributed by atoms with Gasteiger partial charge in [0, 0.05) is 19.2 Å². The minimum Gasteiger partial charge on any atom is -0.497 e. The summed E-state index contributed by atoms with van der Waals surface area (Å²) in [5, 5.41) is 12.2. The number of hydrogen-bond acceptors (Lipinski definition) is 4. The van der Waals surface area contributed by atoms with Crippen molar-refractivity contribution in [3.05, 3.63) is 23.8 Å². The number of rotatable bonds is 8. The summed E-state index contributed by atoms with van der Waals surface area (Å²) in [4.78, 5) is 0. The van der Waals surface area contributed by atoms with Crippen LogP contribution in [0.25, 0.3) is 0 Å². The summed E-state index contributed by atoms with van der Waals surface area (Å²) < 4.78 is 10.6. The molecule has 0 aliphatic rings. The Hall–Kier alpha value is -1.73. The fourth-order valence-electron chi connectivity index (χ4n) is 1.50. The maximum Gasteiger partial charge on any atom is 0.121 e. The first kappa shape index (κ1) is 14.3. The van der Waals surface area contributed by atoms with Crippen LogP contribution in [0.4, 0.5) is 5.69 Å². The van der Waals surface area contributed by atoms with E-state index in [-0.39, 0.29) is 0 Å². The molecular weight excluding hydrogens is 228 g/mol. The second-order valence-corrected chi connectivity index (χ2v) is 3.92. The Kier molecular flexibility index (Phi) is 6.67. The molecule has 0 aliphatic carbocycles. The van der Waals surface area contributed by atoms with Crippen LogP contribution in [0, 0.1) is 11.3 Å². The number of ether oxygens (including phenoxy) is 2. The highest BCUT2D eigenvalue weighted by Crippen LogP contribution is 2.21. The van der Waals surface area contributed by atoms with Crippen LogP contribution >= 0.6 is 0 Å². The molecule has 0 aliphatic heterocycles. The normalized spacial score (nSPS) is 9.83.